The number of halogens is 1. The number of likely N-dealkylation sites (tertiary alicyclic amines) is 1. The van der Waals surface area contributed by atoms with E-state index in [1.54, 1.807) is 0 Å². The van der Waals surface area contributed by atoms with Gasteiger partial charge >= 0.3 is 0 Å². The minimum atomic E-state index is 1.02. The molecule has 0 aromatic carbocycles. The van der Waals surface area contributed by atoms with Crippen molar-refractivity contribution in [3.63, 3.8) is 0 Å². The first-order valence-corrected chi connectivity index (χ1v) is 6.97. The van der Waals surface area contributed by atoms with E-state index < -0.39 is 0 Å². The molecule has 0 bridgehead atoms. The van der Waals surface area contributed by atoms with Crippen LogP contribution >= 0.6 is 15.9 Å². The van der Waals surface area contributed by atoms with Crippen LogP contribution in [0.25, 0.3) is 5.65 Å². The molecule has 0 aliphatic carbocycles. The van der Waals surface area contributed by atoms with Gasteiger partial charge in [0.1, 0.15) is 0 Å². The third-order valence-corrected chi connectivity index (χ3v) is 3.99. The Labute approximate surface area is 110 Å². The Balaban J connectivity index is 1.74. The van der Waals surface area contributed by atoms with E-state index >= 15 is 0 Å². The average Bonchev–Trinajstić information content (AvgIpc) is 2.95. The summed E-state index contributed by atoms with van der Waals surface area (Å²) in [7, 11) is 0. The van der Waals surface area contributed by atoms with E-state index in [0.717, 1.165) is 23.1 Å². The first kappa shape index (κ1) is 11.2. The molecule has 2 aromatic heterocycles. The van der Waals surface area contributed by atoms with Gasteiger partial charge in [0.2, 0.25) is 0 Å². The molecule has 0 spiro atoms. The molecule has 17 heavy (non-hydrogen) atoms. The molecule has 1 aliphatic rings. The molecule has 1 aliphatic heterocycles. The Kier molecular flexibility index (Phi) is 3.16. The lowest BCUT2D eigenvalue weighted by molar-refractivity contribution is 0.342. The smallest absolute Gasteiger partial charge is 0.151 e. The van der Waals surface area contributed by atoms with Crippen LogP contribution in [0.3, 0.4) is 0 Å². The molecule has 0 radical (unpaired) electrons. The van der Waals surface area contributed by atoms with Gasteiger partial charge in [-0.2, -0.15) is 0 Å². The van der Waals surface area contributed by atoms with Gasteiger partial charge in [-0.05, 0) is 54.0 Å². The van der Waals surface area contributed by atoms with Crippen molar-refractivity contribution < 1.29 is 0 Å². The summed E-state index contributed by atoms with van der Waals surface area (Å²) in [6.07, 6.45) is 7.95. The Bertz CT molecular complexity index is 514. The van der Waals surface area contributed by atoms with Crippen LogP contribution in [-0.4, -0.2) is 33.9 Å². The summed E-state index contributed by atoms with van der Waals surface area (Å²) in [6, 6.07) is 4.07. The fourth-order valence-corrected chi connectivity index (χ4v) is 2.87. The minimum Gasteiger partial charge on any atom is -0.306 e. The van der Waals surface area contributed by atoms with Crippen LogP contribution in [0.5, 0.6) is 0 Å². The van der Waals surface area contributed by atoms with E-state index in [1.165, 1.54) is 31.6 Å². The van der Waals surface area contributed by atoms with Crippen molar-refractivity contribution in [3.05, 3.63) is 34.7 Å². The molecule has 1 fully saturated rings. The van der Waals surface area contributed by atoms with Gasteiger partial charge < -0.3 is 9.30 Å². The second kappa shape index (κ2) is 4.78. The molecule has 0 atom stereocenters. The van der Waals surface area contributed by atoms with Crippen molar-refractivity contribution >= 4 is 21.6 Å². The van der Waals surface area contributed by atoms with E-state index in [1.807, 2.05) is 18.3 Å². The maximum Gasteiger partial charge on any atom is 0.151 e. The molecule has 2 aromatic rings. The van der Waals surface area contributed by atoms with E-state index in [-0.39, 0.29) is 0 Å². The highest BCUT2D eigenvalue weighted by molar-refractivity contribution is 9.10. The van der Waals surface area contributed by atoms with Crippen molar-refractivity contribution in [1.82, 2.24) is 14.3 Å². The summed E-state index contributed by atoms with van der Waals surface area (Å²) in [5.41, 5.74) is 2.20. The third-order valence-electron chi connectivity index (χ3n) is 3.37. The van der Waals surface area contributed by atoms with Crippen LogP contribution in [0.4, 0.5) is 0 Å². The SMILES string of the molecule is Brc1cccn2cc(CCN3CCCC3)nc12. The fraction of sp³-hybridized carbons (Fsp3) is 0.462. The number of hydrogen-bond donors (Lipinski definition) is 0. The number of fused-ring (bicyclic) bond motifs is 1. The minimum absolute atomic E-state index is 1.02. The van der Waals surface area contributed by atoms with Crippen LogP contribution in [0, 0.1) is 0 Å². The molecule has 0 N–H and O–H groups in total. The van der Waals surface area contributed by atoms with Crippen LogP contribution in [-0.2, 0) is 6.42 Å². The molecule has 1 saturated heterocycles. The molecular formula is C13H16BrN3. The van der Waals surface area contributed by atoms with Gasteiger partial charge in [-0.1, -0.05) is 0 Å². The zero-order chi connectivity index (χ0) is 11.7. The van der Waals surface area contributed by atoms with E-state index in [2.05, 4.69) is 36.4 Å². The lowest BCUT2D eigenvalue weighted by atomic mass is 10.3. The zero-order valence-electron chi connectivity index (χ0n) is 9.77. The van der Waals surface area contributed by atoms with Crippen molar-refractivity contribution in [2.75, 3.05) is 19.6 Å². The van der Waals surface area contributed by atoms with E-state index in [0.29, 0.717) is 0 Å². The molecule has 3 rings (SSSR count). The molecule has 4 heteroatoms. The summed E-state index contributed by atoms with van der Waals surface area (Å²) < 4.78 is 3.15. The average molecular weight is 294 g/mol. The van der Waals surface area contributed by atoms with Gasteiger partial charge in [-0.15, -0.1) is 0 Å². The summed E-state index contributed by atoms with van der Waals surface area (Å²) >= 11 is 3.53. The van der Waals surface area contributed by atoms with Gasteiger partial charge in [0.05, 0.1) is 10.2 Å². The predicted octanol–water partition coefficient (Wildman–Crippen LogP) is 2.74. The van der Waals surface area contributed by atoms with Crippen molar-refractivity contribution in [3.8, 4) is 0 Å². The van der Waals surface area contributed by atoms with Crippen LogP contribution in [0.1, 0.15) is 18.5 Å². The number of pyridine rings is 1. The molecule has 0 amide bonds. The third kappa shape index (κ3) is 2.38. The maximum atomic E-state index is 4.66. The Hall–Kier alpha value is -0.870. The second-order valence-corrected chi connectivity index (χ2v) is 5.47. The van der Waals surface area contributed by atoms with Crippen molar-refractivity contribution in [2.45, 2.75) is 19.3 Å². The van der Waals surface area contributed by atoms with E-state index in [4.69, 9.17) is 0 Å². The lowest BCUT2D eigenvalue weighted by Gasteiger charge is -2.12. The zero-order valence-corrected chi connectivity index (χ0v) is 11.4. The number of nitrogens with zero attached hydrogens (tertiary/aromatic N) is 3. The van der Waals surface area contributed by atoms with Gasteiger partial charge in [-0.3, -0.25) is 0 Å². The predicted molar refractivity (Wildman–Crippen MR) is 72.3 cm³/mol. The Morgan fingerprint density at radius 2 is 2.12 bits per heavy atom. The van der Waals surface area contributed by atoms with Gasteiger partial charge in [0.25, 0.3) is 0 Å². The summed E-state index contributed by atoms with van der Waals surface area (Å²) in [5, 5.41) is 0. The highest BCUT2D eigenvalue weighted by Crippen LogP contribution is 2.17. The molecular weight excluding hydrogens is 278 g/mol. The quantitative estimate of drug-likeness (QED) is 0.867. The van der Waals surface area contributed by atoms with Crippen LogP contribution in [0.15, 0.2) is 29.0 Å². The number of aromatic nitrogens is 2. The van der Waals surface area contributed by atoms with Gasteiger partial charge in [0.15, 0.2) is 5.65 Å². The highest BCUT2D eigenvalue weighted by atomic mass is 79.9. The van der Waals surface area contributed by atoms with Gasteiger partial charge in [0, 0.05) is 25.4 Å². The number of rotatable bonds is 3. The van der Waals surface area contributed by atoms with Crippen LogP contribution < -0.4 is 0 Å². The monoisotopic (exact) mass is 293 g/mol. The standard InChI is InChI=1S/C13H16BrN3/c14-12-4-3-8-17-10-11(15-13(12)17)5-9-16-6-1-2-7-16/h3-4,8,10H,1-2,5-7,9H2. The first-order chi connectivity index (χ1) is 8.33. The Morgan fingerprint density at radius 1 is 1.29 bits per heavy atom. The van der Waals surface area contributed by atoms with Crippen molar-refractivity contribution in [1.29, 1.82) is 0 Å². The summed E-state index contributed by atoms with van der Waals surface area (Å²) in [6.45, 7) is 3.66. The largest absolute Gasteiger partial charge is 0.306 e. The second-order valence-electron chi connectivity index (χ2n) is 4.62. The van der Waals surface area contributed by atoms with Crippen molar-refractivity contribution in [2.24, 2.45) is 0 Å². The molecule has 3 heterocycles. The number of hydrogen-bond acceptors (Lipinski definition) is 2. The number of imidazole rings is 1. The first-order valence-electron chi connectivity index (χ1n) is 6.17. The Morgan fingerprint density at radius 3 is 2.88 bits per heavy atom. The topological polar surface area (TPSA) is 20.5 Å². The fourth-order valence-electron chi connectivity index (χ4n) is 2.43. The molecule has 90 valence electrons. The molecule has 0 saturated carbocycles. The normalized spacial score (nSPS) is 17.0. The lowest BCUT2D eigenvalue weighted by Crippen LogP contribution is -2.21. The maximum absolute atomic E-state index is 4.66. The summed E-state index contributed by atoms with van der Waals surface area (Å²) in [5.74, 6) is 0. The molecule has 0 unspecified atom stereocenters. The van der Waals surface area contributed by atoms with Crippen LogP contribution in [0.2, 0.25) is 0 Å². The summed E-state index contributed by atoms with van der Waals surface area (Å²) in [4.78, 5) is 7.19. The van der Waals surface area contributed by atoms with E-state index in [9.17, 15) is 0 Å². The van der Waals surface area contributed by atoms with Gasteiger partial charge in [-0.25, -0.2) is 4.98 Å². The highest BCUT2D eigenvalue weighted by Gasteiger charge is 2.12. The molecule has 3 nitrogen and oxygen atoms in total.